The van der Waals surface area contributed by atoms with E-state index in [2.05, 4.69) is 4.98 Å². The van der Waals surface area contributed by atoms with Crippen molar-refractivity contribution >= 4 is 11.7 Å². The smallest absolute Gasteiger partial charge is 0.323 e. The van der Waals surface area contributed by atoms with Crippen LogP contribution >= 0.6 is 0 Å². The highest BCUT2D eigenvalue weighted by Crippen LogP contribution is 2.28. The quantitative estimate of drug-likeness (QED) is 0.838. The second-order valence-electron chi connectivity index (χ2n) is 4.21. The third kappa shape index (κ3) is 2.15. The van der Waals surface area contributed by atoms with Crippen LogP contribution in [0.25, 0.3) is 0 Å². The molecule has 0 atom stereocenters. The molecule has 1 aromatic heterocycles. The third-order valence-electron chi connectivity index (χ3n) is 2.99. The minimum Gasteiger partial charge on any atom is -0.480 e. The SMILES string of the molecule is CN(CC(=O)O)c1ccnc2c1CCCC2. The zero-order valence-electron chi connectivity index (χ0n) is 9.44. The number of aromatic nitrogens is 1. The van der Waals surface area contributed by atoms with Crippen LogP contribution in [-0.2, 0) is 17.6 Å². The maximum atomic E-state index is 10.7. The normalized spacial score (nSPS) is 14.3. The Bertz CT molecular complexity index is 404. The molecule has 4 heteroatoms. The van der Waals surface area contributed by atoms with Gasteiger partial charge in [-0.3, -0.25) is 9.78 Å². The molecule has 0 amide bonds. The predicted octanol–water partition coefficient (Wildman–Crippen LogP) is 1.48. The lowest BCUT2D eigenvalue weighted by Crippen LogP contribution is -2.27. The molecule has 0 spiro atoms. The van der Waals surface area contributed by atoms with E-state index in [0.717, 1.165) is 24.2 Å². The summed E-state index contributed by atoms with van der Waals surface area (Å²) in [5.41, 5.74) is 3.39. The van der Waals surface area contributed by atoms with Crippen LogP contribution in [0.1, 0.15) is 24.1 Å². The lowest BCUT2D eigenvalue weighted by Gasteiger charge is -2.24. The second-order valence-corrected chi connectivity index (χ2v) is 4.21. The second kappa shape index (κ2) is 4.51. The molecule has 1 aliphatic rings. The highest BCUT2D eigenvalue weighted by Gasteiger charge is 2.17. The van der Waals surface area contributed by atoms with E-state index >= 15 is 0 Å². The molecule has 1 aliphatic carbocycles. The van der Waals surface area contributed by atoms with Gasteiger partial charge >= 0.3 is 5.97 Å². The highest BCUT2D eigenvalue weighted by atomic mass is 16.4. The number of aryl methyl sites for hydroxylation is 1. The molecule has 1 aromatic rings. The van der Waals surface area contributed by atoms with Crippen molar-refractivity contribution in [2.45, 2.75) is 25.7 Å². The highest BCUT2D eigenvalue weighted by molar-refractivity contribution is 5.74. The maximum absolute atomic E-state index is 10.7. The van der Waals surface area contributed by atoms with Gasteiger partial charge in [0.15, 0.2) is 0 Å². The zero-order chi connectivity index (χ0) is 11.5. The fraction of sp³-hybridized carbons (Fsp3) is 0.500. The van der Waals surface area contributed by atoms with Crippen molar-refractivity contribution in [1.82, 2.24) is 4.98 Å². The molecule has 0 fully saturated rings. The van der Waals surface area contributed by atoms with Crippen LogP contribution in [-0.4, -0.2) is 29.7 Å². The average molecular weight is 220 g/mol. The molecule has 86 valence electrons. The summed E-state index contributed by atoms with van der Waals surface area (Å²) in [6, 6.07) is 1.91. The van der Waals surface area contributed by atoms with Gasteiger partial charge in [-0.25, -0.2) is 0 Å². The lowest BCUT2D eigenvalue weighted by atomic mass is 9.94. The van der Waals surface area contributed by atoms with E-state index in [0.29, 0.717) is 0 Å². The largest absolute Gasteiger partial charge is 0.480 e. The van der Waals surface area contributed by atoms with Crippen molar-refractivity contribution in [1.29, 1.82) is 0 Å². The molecule has 0 aromatic carbocycles. The number of carboxylic acids is 1. The van der Waals surface area contributed by atoms with Crippen molar-refractivity contribution in [3.8, 4) is 0 Å². The Hall–Kier alpha value is -1.58. The standard InChI is InChI=1S/C12H16N2O2/c1-14(8-12(15)16)11-6-7-13-10-5-3-2-4-9(10)11/h6-7H,2-5,8H2,1H3,(H,15,16). The van der Waals surface area contributed by atoms with Gasteiger partial charge < -0.3 is 10.0 Å². The monoisotopic (exact) mass is 220 g/mol. The molecule has 16 heavy (non-hydrogen) atoms. The number of aliphatic carboxylic acids is 1. The number of hydrogen-bond acceptors (Lipinski definition) is 3. The summed E-state index contributed by atoms with van der Waals surface area (Å²) >= 11 is 0. The molecule has 0 bridgehead atoms. The van der Waals surface area contributed by atoms with Crippen molar-refractivity contribution in [2.75, 3.05) is 18.5 Å². The minimum absolute atomic E-state index is 0.0381. The predicted molar refractivity (Wildman–Crippen MR) is 61.8 cm³/mol. The summed E-state index contributed by atoms with van der Waals surface area (Å²) in [4.78, 5) is 16.8. The Morgan fingerprint density at radius 2 is 2.25 bits per heavy atom. The Kier molecular flexibility index (Phi) is 3.08. The van der Waals surface area contributed by atoms with Gasteiger partial charge in [-0.1, -0.05) is 0 Å². The van der Waals surface area contributed by atoms with E-state index in [4.69, 9.17) is 5.11 Å². The van der Waals surface area contributed by atoms with E-state index in [1.165, 1.54) is 18.4 Å². The van der Waals surface area contributed by atoms with E-state index in [1.54, 1.807) is 11.1 Å². The van der Waals surface area contributed by atoms with Crippen molar-refractivity contribution in [3.63, 3.8) is 0 Å². The number of anilines is 1. The van der Waals surface area contributed by atoms with Crippen LogP contribution < -0.4 is 4.90 Å². The molecule has 0 saturated heterocycles. The molecule has 2 rings (SSSR count). The van der Waals surface area contributed by atoms with Crippen LogP contribution in [0, 0.1) is 0 Å². The van der Waals surface area contributed by atoms with Gasteiger partial charge in [0.2, 0.25) is 0 Å². The molecule has 4 nitrogen and oxygen atoms in total. The van der Waals surface area contributed by atoms with Gasteiger partial charge in [0.05, 0.1) is 0 Å². The Labute approximate surface area is 94.9 Å². The Morgan fingerprint density at radius 1 is 1.50 bits per heavy atom. The first kappa shape index (κ1) is 10.9. The molecule has 0 saturated carbocycles. The van der Waals surface area contributed by atoms with Crippen LogP contribution in [0.2, 0.25) is 0 Å². The lowest BCUT2D eigenvalue weighted by molar-refractivity contribution is -0.135. The first-order valence-corrected chi connectivity index (χ1v) is 5.58. The van der Waals surface area contributed by atoms with E-state index < -0.39 is 5.97 Å². The van der Waals surface area contributed by atoms with E-state index in [-0.39, 0.29) is 6.54 Å². The molecule has 0 aliphatic heterocycles. The maximum Gasteiger partial charge on any atom is 0.323 e. The molecular formula is C12H16N2O2. The molecule has 1 heterocycles. The number of pyridine rings is 1. The zero-order valence-corrected chi connectivity index (χ0v) is 9.44. The summed E-state index contributed by atoms with van der Waals surface area (Å²) in [6.07, 6.45) is 6.17. The first-order chi connectivity index (χ1) is 7.68. The fourth-order valence-corrected chi connectivity index (χ4v) is 2.25. The summed E-state index contributed by atoms with van der Waals surface area (Å²) in [7, 11) is 1.82. The van der Waals surface area contributed by atoms with Crippen LogP contribution in [0.5, 0.6) is 0 Å². The van der Waals surface area contributed by atoms with E-state index in [9.17, 15) is 4.79 Å². The third-order valence-corrected chi connectivity index (χ3v) is 2.99. The number of likely N-dealkylation sites (N-methyl/N-ethyl adjacent to an activating group) is 1. The van der Waals surface area contributed by atoms with Gasteiger partial charge in [0.25, 0.3) is 0 Å². The molecule has 0 radical (unpaired) electrons. The van der Waals surface area contributed by atoms with Crippen molar-refractivity contribution in [2.24, 2.45) is 0 Å². The number of hydrogen-bond donors (Lipinski definition) is 1. The molecule has 1 N–H and O–H groups in total. The Morgan fingerprint density at radius 3 is 3.00 bits per heavy atom. The van der Waals surface area contributed by atoms with Crippen LogP contribution in [0.3, 0.4) is 0 Å². The van der Waals surface area contributed by atoms with Gasteiger partial charge in [0.1, 0.15) is 6.54 Å². The van der Waals surface area contributed by atoms with Gasteiger partial charge in [-0.15, -0.1) is 0 Å². The van der Waals surface area contributed by atoms with Crippen molar-refractivity contribution < 1.29 is 9.90 Å². The van der Waals surface area contributed by atoms with Crippen LogP contribution in [0.15, 0.2) is 12.3 Å². The summed E-state index contributed by atoms with van der Waals surface area (Å²) in [5, 5.41) is 8.79. The number of nitrogens with zero attached hydrogens (tertiary/aromatic N) is 2. The number of rotatable bonds is 3. The first-order valence-electron chi connectivity index (χ1n) is 5.58. The van der Waals surface area contributed by atoms with E-state index in [1.807, 2.05) is 13.1 Å². The van der Waals surface area contributed by atoms with Crippen LogP contribution in [0.4, 0.5) is 5.69 Å². The number of carboxylic acid groups (broad SMARTS) is 1. The minimum atomic E-state index is -0.802. The molecular weight excluding hydrogens is 204 g/mol. The van der Waals surface area contributed by atoms with Gasteiger partial charge in [0, 0.05) is 24.6 Å². The summed E-state index contributed by atoms with van der Waals surface area (Å²) in [6.45, 7) is 0.0381. The summed E-state index contributed by atoms with van der Waals surface area (Å²) < 4.78 is 0. The number of fused-ring (bicyclic) bond motifs is 1. The Balaban J connectivity index is 2.29. The summed E-state index contributed by atoms with van der Waals surface area (Å²) in [5.74, 6) is -0.802. The van der Waals surface area contributed by atoms with Gasteiger partial charge in [-0.05, 0) is 37.3 Å². The van der Waals surface area contributed by atoms with Crippen molar-refractivity contribution in [3.05, 3.63) is 23.5 Å². The fourth-order valence-electron chi connectivity index (χ4n) is 2.25. The average Bonchev–Trinajstić information content (AvgIpc) is 2.27. The molecule has 0 unspecified atom stereocenters. The topological polar surface area (TPSA) is 53.4 Å². The number of carbonyl (C=O) groups is 1. The van der Waals surface area contributed by atoms with Gasteiger partial charge in [-0.2, -0.15) is 0 Å².